The average Bonchev–Trinajstić information content (AvgIpc) is 3.35. The molecule has 0 spiro atoms. The van der Waals surface area contributed by atoms with E-state index < -0.39 is 21.8 Å². The number of ether oxygens (including phenoxy) is 2. The zero-order valence-corrected chi connectivity index (χ0v) is 18.2. The quantitative estimate of drug-likeness (QED) is 0.456. The first kappa shape index (κ1) is 22.2. The number of benzene rings is 2. The van der Waals surface area contributed by atoms with E-state index in [4.69, 9.17) is 13.9 Å². The lowest BCUT2D eigenvalue weighted by Gasteiger charge is -2.19. The number of nitrogens with one attached hydrogen (secondary N) is 3. The second-order valence-corrected chi connectivity index (χ2v) is 8.68. The Bertz CT molecular complexity index is 1260. The van der Waals surface area contributed by atoms with Crippen LogP contribution in [0.1, 0.15) is 16.1 Å². The van der Waals surface area contributed by atoms with Gasteiger partial charge in [0.15, 0.2) is 11.5 Å². The fourth-order valence-corrected chi connectivity index (χ4v) is 4.18. The summed E-state index contributed by atoms with van der Waals surface area (Å²) in [7, 11) is -4.02. The number of furan rings is 1. The van der Waals surface area contributed by atoms with Crippen molar-refractivity contribution in [2.75, 3.05) is 24.5 Å². The summed E-state index contributed by atoms with van der Waals surface area (Å²) in [6.07, 6.45) is 1.49. The van der Waals surface area contributed by atoms with Crippen LogP contribution in [0.4, 0.5) is 5.69 Å². The van der Waals surface area contributed by atoms with Crippen molar-refractivity contribution in [3.05, 3.63) is 72.2 Å². The molecule has 0 bridgehead atoms. The summed E-state index contributed by atoms with van der Waals surface area (Å²) in [5.41, 5.74) is 0.137. The molecule has 2 amide bonds. The summed E-state index contributed by atoms with van der Waals surface area (Å²) in [6, 6.07) is 13.8. The number of hydrogen-bond donors (Lipinski definition) is 3. The zero-order chi connectivity index (χ0) is 23.3. The predicted octanol–water partition coefficient (Wildman–Crippen LogP) is 1.90. The fourth-order valence-electron chi connectivity index (χ4n) is 3.08. The molecule has 0 fully saturated rings. The molecular formula is C22H21N3O7S. The van der Waals surface area contributed by atoms with E-state index in [1.54, 1.807) is 24.3 Å². The van der Waals surface area contributed by atoms with Gasteiger partial charge in [0.05, 0.1) is 35.5 Å². The van der Waals surface area contributed by atoms with Crippen molar-refractivity contribution in [3.8, 4) is 11.5 Å². The summed E-state index contributed by atoms with van der Waals surface area (Å²) < 4.78 is 44.2. The monoisotopic (exact) mass is 471 g/mol. The molecule has 3 aromatic rings. The Morgan fingerprint density at radius 1 is 0.909 bits per heavy atom. The van der Waals surface area contributed by atoms with Gasteiger partial charge >= 0.3 is 0 Å². The molecule has 2 aromatic carbocycles. The van der Waals surface area contributed by atoms with Gasteiger partial charge < -0.3 is 24.5 Å². The second-order valence-electron chi connectivity index (χ2n) is 7.00. The molecule has 2 heterocycles. The van der Waals surface area contributed by atoms with Crippen molar-refractivity contribution < 1.29 is 31.9 Å². The van der Waals surface area contributed by atoms with Gasteiger partial charge in [-0.2, -0.15) is 0 Å². The highest BCUT2D eigenvalue weighted by Gasteiger charge is 2.22. The van der Waals surface area contributed by atoms with E-state index in [1.165, 1.54) is 36.6 Å². The average molecular weight is 471 g/mol. The molecule has 1 aliphatic rings. The first-order chi connectivity index (χ1) is 15.9. The molecule has 11 heteroatoms. The molecule has 0 atom stereocenters. The van der Waals surface area contributed by atoms with Crippen LogP contribution in [0, 0.1) is 0 Å². The van der Waals surface area contributed by atoms with Crippen LogP contribution >= 0.6 is 0 Å². The van der Waals surface area contributed by atoms with Crippen molar-refractivity contribution in [1.82, 2.24) is 10.6 Å². The van der Waals surface area contributed by atoms with Crippen LogP contribution in [0.15, 0.2) is 70.2 Å². The molecule has 1 aromatic heterocycles. The third-order valence-electron chi connectivity index (χ3n) is 4.69. The molecule has 1 aliphatic heterocycles. The maximum Gasteiger partial charge on any atom is 0.262 e. The number of para-hydroxylation sites is 1. The number of carbonyl (C=O) groups is 2. The maximum absolute atomic E-state index is 12.9. The van der Waals surface area contributed by atoms with E-state index in [0.717, 1.165) is 0 Å². The minimum Gasteiger partial charge on any atom is -0.486 e. The molecule has 3 N–H and O–H groups in total. The summed E-state index contributed by atoms with van der Waals surface area (Å²) in [5, 5.41) is 5.09. The van der Waals surface area contributed by atoms with Crippen molar-refractivity contribution in [2.45, 2.75) is 11.4 Å². The van der Waals surface area contributed by atoms with Crippen LogP contribution in [0.3, 0.4) is 0 Å². The first-order valence-corrected chi connectivity index (χ1v) is 11.5. The Hall–Kier alpha value is -3.99. The predicted molar refractivity (Wildman–Crippen MR) is 118 cm³/mol. The smallest absolute Gasteiger partial charge is 0.262 e. The highest BCUT2D eigenvalue weighted by molar-refractivity contribution is 7.92. The molecular weight excluding hydrogens is 450 g/mol. The van der Waals surface area contributed by atoms with E-state index in [2.05, 4.69) is 15.4 Å². The van der Waals surface area contributed by atoms with Gasteiger partial charge in [-0.1, -0.05) is 12.1 Å². The summed E-state index contributed by atoms with van der Waals surface area (Å²) in [6.45, 7) is 0.610. The number of fused-ring (bicyclic) bond motifs is 1. The lowest BCUT2D eigenvalue weighted by atomic mass is 10.1. The van der Waals surface area contributed by atoms with E-state index in [0.29, 0.717) is 30.5 Å². The first-order valence-electron chi connectivity index (χ1n) is 10.0. The van der Waals surface area contributed by atoms with Gasteiger partial charge in [-0.05, 0) is 36.4 Å². The topological polar surface area (TPSA) is 136 Å². The number of sulfonamides is 1. The molecule has 4 rings (SSSR count). The van der Waals surface area contributed by atoms with Crippen molar-refractivity contribution in [2.24, 2.45) is 0 Å². The summed E-state index contributed by atoms with van der Waals surface area (Å²) in [5.74, 6) is 0.340. The zero-order valence-electron chi connectivity index (χ0n) is 17.4. The fraction of sp³-hybridized carbons (Fsp3) is 0.182. The lowest BCUT2D eigenvalue weighted by Crippen LogP contribution is -2.36. The van der Waals surface area contributed by atoms with Gasteiger partial charge in [-0.3, -0.25) is 14.3 Å². The Morgan fingerprint density at radius 3 is 2.48 bits per heavy atom. The molecule has 0 saturated carbocycles. The van der Waals surface area contributed by atoms with Gasteiger partial charge in [0.25, 0.3) is 15.9 Å². The minimum absolute atomic E-state index is 0.0423. The molecule has 33 heavy (non-hydrogen) atoms. The molecule has 0 aliphatic carbocycles. The van der Waals surface area contributed by atoms with E-state index >= 15 is 0 Å². The van der Waals surface area contributed by atoms with Gasteiger partial charge in [-0.15, -0.1) is 0 Å². The normalized spacial score (nSPS) is 12.6. The standard InChI is InChI=1S/C22H21N3O7S/c26-21(23-13-15-4-3-9-30-15)14-24-22(27)17-5-1-2-6-18(17)25-33(28,29)16-7-8-19-20(12-16)32-11-10-31-19/h1-9,12,25H,10-11,13-14H2,(H,23,26)(H,24,27). The molecule has 0 saturated heterocycles. The van der Waals surface area contributed by atoms with E-state index in [1.807, 2.05) is 0 Å². The highest BCUT2D eigenvalue weighted by atomic mass is 32.2. The molecule has 172 valence electrons. The van der Waals surface area contributed by atoms with Gasteiger partial charge in [0.2, 0.25) is 5.91 Å². The van der Waals surface area contributed by atoms with Crippen LogP contribution in [0.25, 0.3) is 0 Å². The van der Waals surface area contributed by atoms with Crippen LogP contribution in [0.5, 0.6) is 11.5 Å². The highest BCUT2D eigenvalue weighted by Crippen LogP contribution is 2.33. The van der Waals surface area contributed by atoms with E-state index in [-0.39, 0.29) is 29.2 Å². The summed E-state index contributed by atoms with van der Waals surface area (Å²) in [4.78, 5) is 24.6. The number of anilines is 1. The SMILES string of the molecule is O=C(CNC(=O)c1ccccc1NS(=O)(=O)c1ccc2c(c1)OCCO2)NCc1ccco1. The van der Waals surface area contributed by atoms with Crippen molar-refractivity contribution in [3.63, 3.8) is 0 Å². The Morgan fingerprint density at radius 2 is 1.70 bits per heavy atom. The van der Waals surface area contributed by atoms with Crippen molar-refractivity contribution >= 4 is 27.5 Å². The molecule has 10 nitrogen and oxygen atoms in total. The summed E-state index contributed by atoms with van der Waals surface area (Å²) >= 11 is 0. The minimum atomic E-state index is -4.02. The number of rotatable bonds is 8. The number of hydrogen-bond acceptors (Lipinski definition) is 7. The van der Waals surface area contributed by atoms with Crippen LogP contribution < -0.4 is 24.8 Å². The lowest BCUT2D eigenvalue weighted by molar-refractivity contribution is -0.120. The Balaban J connectivity index is 1.42. The number of carbonyl (C=O) groups excluding carboxylic acids is 2. The van der Waals surface area contributed by atoms with Gasteiger partial charge in [-0.25, -0.2) is 8.42 Å². The Labute approximate surface area is 189 Å². The number of amides is 2. The van der Waals surface area contributed by atoms with Gasteiger partial charge in [0.1, 0.15) is 19.0 Å². The van der Waals surface area contributed by atoms with Gasteiger partial charge in [0, 0.05) is 6.07 Å². The third kappa shape index (κ3) is 5.44. The Kier molecular flexibility index (Phi) is 6.50. The maximum atomic E-state index is 12.9. The van der Waals surface area contributed by atoms with Crippen molar-refractivity contribution in [1.29, 1.82) is 0 Å². The van der Waals surface area contributed by atoms with E-state index in [9.17, 15) is 18.0 Å². The van der Waals surface area contributed by atoms with Crippen LogP contribution in [-0.2, 0) is 21.4 Å². The largest absolute Gasteiger partial charge is 0.486 e. The molecule has 0 unspecified atom stereocenters. The second kappa shape index (κ2) is 9.65. The third-order valence-corrected chi connectivity index (χ3v) is 6.05. The van der Waals surface area contributed by atoms with Crippen LogP contribution in [-0.4, -0.2) is 40.0 Å². The molecule has 0 radical (unpaired) electrons. The van der Waals surface area contributed by atoms with Crippen LogP contribution in [0.2, 0.25) is 0 Å².